The zero-order valence-corrected chi connectivity index (χ0v) is 13.9. The van der Waals surface area contributed by atoms with Gasteiger partial charge in [-0.05, 0) is 24.7 Å². The average molecular weight is 346 g/mol. The standard InChI is InChI=1S/C15H21F3N4S/c1-19-14(22-7-10-4-2-3-5-11(10)8-22)20-6-13-21-12(9-23-13)15(16,17)18/h9-11H,2-8H2,1H3,(H,19,20). The summed E-state index contributed by atoms with van der Waals surface area (Å²) in [5.41, 5.74) is -0.818. The zero-order valence-electron chi connectivity index (χ0n) is 13.1. The van der Waals surface area contributed by atoms with Gasteiger partial charge in [0.15, 0.2) is 11.7 Å². The Kier molecular flexibility index (Phi) is 4.79. The molecule has 1 saturated carbocycles. The molecule has 8 heteroatoms. The molecule has 0 amide bonds. The lowest BCUT2D eigenvalue weighted by atomic mass is 9.82. The first-order valence-electron chi connectivity index (χ1n) is 7.94. The summed E-state index contributed by atoms with van der Waals surface area (Å²) < 4.78 is 37.7. The van der Waals surface area contributed by atoms with Crippen LogP contribution in [-0.4, -0.2) is 36.0 Å². The molecule has 4 nitrogen and oxygen atoms in total. The van der Waals surface area contributed by atoms with Crippen molar-refractivity contribution in [2.24, 2.45) is 16.8 Å². The summed E-state index contributed by atoms with van der Waals surface area (Å²) in [6.45, 7) is 2.27. The van der Waals surface area contributed by atoms with Crippen LogP contribution in [0, 0.1) is 11.8 Å². The third-order valence-electron chi connectivity index (χ3n) is 4.73. The molecule has 2 unspecified atom stereocenters. The van der Waals surface area contributed by atoms with E-state index in [0.29, 0.717) is 5.01 Å². The number of halogens is 3. The van der Waals surface area contributed by atoms with Crippen molar-refractivity contribution in [3.8, 4) is 0 Å². The molecule has 0 spiro atoms. The molecule has 0 bridgehead atoms. The lowest BCUT2D eigenvalue weighted by Gasteiger charge is -2.22. The third-order valence-corrected chi connectivity index (χ3v) is 5.58. The van der Waals surface area contributed by atoms with E-state index in [1.165, 1.54) is 25.7 Å². The molecule has 0 aromatic carbocycles. The lowest BCUT2D eigenvalue weighted by molar-refractivity contribution is -0.140. The van der Waals surface area contributed by atoms with Gasteiger partial charge in [0.25, 0.3) is 0 Å². The van der Waals surface area contributed by atoms with Crippen LogP contribution < -0.4 is 5.32 Å². The van der Waals surface area contributed by atoms with Crippen LogP contribution in [0.25, 0.3) is 0 Å². The quantitative estimate of drug-likeness (QED) is 0.659. The van der Waals surface area contributed by atoms with E-state index in [9.17, 15) is 13.2 Å². The molecule has 1 saturated heterocycles. The van der Waals surface area contributed by atoms with Crippen molar-refractivity contribution in [3.05, 3.63) is 16.1 Å². The fourth-order valence-electron chi connectivity index (χ4n) is 3.59. The van der Waals surface area contributed by atoms with Crippen molar-refractivity contribution in [2.75, 3.05) is 20.1 Å². The van der Waals surface area contributed by atoms with E-state index in [1.807, 2.05) is 0 Å². The van der Waals surface area contributed by atoms with Crippen molar-refractivity contribution < 1.29 is 13.2 Å². The van der Waals surface area contributed by atoms with Gasteiger partial charge in [-0.3, -0.25) is 4.99 Å². The van der Waals surface area contributed by atoms with Crippen molar-refractivity contribution in [1.82, 2.24) is 15.2 Å². The van der Waals surface area contributed by atoms with Crippen molar-refractivity contribution >= 4 is 17.3 Å². The molecule has 1 aromatic rings. The van der Waals surface area contributed by atoms with Gasteiger partial charge in [-0.15, -0.1) is 11.3 Å². The highest BCUT2D eigenvalue weighted by molar-refractivity contribution is 7.09. The van der Waals surface area contributed by atoms with Gasteiger partial charge in [0.2, 0.25) is 0 Å². The smallest absolute Gasteiger partial charge is 0.350 e. The molecule has 1 N–H and O–H groups in total. The molecule has 1 aliphatic heterocycles. The molecule has 2 fully saturated rings. The number of hydrogen-bond acceptors (Lipinski definition) is 3. The summed E-state index contributed by atoms with van der Waals surface area (Å²) in [6.07, 6.45) is 0.793. The highest BCUT2D eigenvalue weighted by Gasteiger charge is 2.36. The van der Waals surface area contributed by atoms with Crippen LogP contribution in [0.3, 0.4) is 0 Å². The van der Waals surface area contributed by atoms with Gasteiger partial charge in [-0.1, -0.05) is 12.8 Å². The summed E-state index contributed by atoms with van der Waals surface area (Å²) in [6, 6.07) is 0. The van der Waals surface area contributed by atoms with Gasteiger partial charge < -0.3 is 10.2 Å². The Balaban J connectivity index is 1.57. The number of hydrogen-bond donors (Lipinski definition) is 1. The van der Waals surface area contributed by atoms with Gasteiger partial charge in [0.05, 0.1) is 6.54 Å². The summed E-state index contributed by atoms with van der Waals surface area (Å²) in [4.78, 5) is 10.2. The molecule has 2 aliphatic rings. The molecule has 2 heterocycles. The Labute approximate surface area is 137 Å². The zero-order chi connectivity index (χ0) is 16.4. The van der Waals surface area contributed by atoms with E-state index in [2.05, 4.69) is 20.2 Å². The number of aromatic nitrogens is 1. The van der Waals surface area contributed by atoms with E-state index in [4.69, 9.17) is 0 Å². The Morgan fingerprint density at radius 2 is 2.00 bits per heavy atom. The Hall–Kier alpha value is -1.31. The average Bonchev–Trinajstić information content (AvgIpc) is 3.13. The lowest BCUT2D eigenvalue weighted by Crippen LogP contribution is -2.39. The first kappa shape index (κ1) is 16.5. The Morgan fingerprint density at radius 1 is 1.35 bits per heavy atom. The fraction of sp³-hybridized carbons (Fsp3) is 0.733. The van der Waals surface area contributed by atoms with E-state index in [0.717, 1.165) is 47.6 Å². The molecule has 0 radical (unpaired) electrons. The van der Waals surface area contributed by atoms with E-state index in [1.54, 1.807) is 7.05 Å². The molecule has 1 aromatic heterocycles. The molecule has 128 valence electrons. The van der Waals surface area contributed by atoms with Crippen molar-refractivity contribution in [1.29, 1.82) is 0 Å². The number of guanidine groups is 1. The maximum atomic E-state index is 12.6. The second kappa shape index (κ2) is 6.67. The second-order valence-corrected chi connectivity index (χ2v) is 7.18. The number of likely N-dealkylation sites (tertiary alicyclic amines) is 1. The van der Waals surface area contributed by atoms with Crippen LogP contribution in [0.1, 0.15) is 36.4 Å². The highest BCUT2D eigenvalue weighted by atomic mass is 32.1. The van der Waals surface area contributed by atoms with Crippen molar-refractivity contribution in [2.45, 2.75) is 38.4 Å². The monoisotopic (exact) mass is 346 g/mol. The van der Waals surface area contributed by atoms with Crippen LogP contribution in [0.5, 0.6) is 0 Å². The Morgan fingerprint density at radius 3 is 2.52 bits per heavy atom. The number of rotatable bonds is 2. The van der Waals surface area contributed by atoms with Crippen LogP contribution in [0.4, 0.5) is 13.2 Å². The van der Waals surface area contributed by atoms with Crippen LogP contribution in [0.15, 0.2) is 10.4 Å². The predicted molar refractivity (Wildman–Crippen MR) is 84.3 cm³/mol. The van der Waals surface area contributed by atoms with Gasteiger partial charge in [0, 0.05) is 25.5 Å². The molecule has 23 heavy (non-hydrogen) atoms. The largest absolute Gasteiger partial charge is 0.434 e. The minimum atomic E-state index is -4.37. The number of thiazole rings is 1. The van der Waals surface area contributed by atoms with Gasteiger partial charge in [-0.25, -0.2) is 4.98 Å². The summed E-state index contributed by atoms with van der Waals surface area (Å²) in [5, 5.41) is 4.64. The number of aliphatic imine (C=N–C) groups is 1. The van der Waals surface area contributed by atoms with E-state index < -0.39 is 11.9 Å². The van der Waals surface area contributed by atoms with Crippen LogP contribution in [0.2, 0.25) is 0 Å². The number of fused-ring (bicyclic) bond motifs is 1. The molecule has 2 atom stereocenters. The normalized spacial score (nSPS) is 25.6. The highest BCUT2D eigenvalue weighted by Crippen LogP contribution is 2.36. The maximum absolute atomic E-state index is 12.6. The first-order chi connectivity index (χ1) is 11.0. The van der Waals surface area contributed by atoms with E-state index in [-0.39, 0.29) is 6.54 Å². The second-order valence-electron chi connectivity index (χ2n) is 6.23. The topological polar surface area (TPSA) is 40.5 Å². The van der Waals surface area contributed by atoms with Crippen molar-refractivity contribution in [3.63, 3.8) is 0 Å². The predicted octanol–water partition coefficient (Wildman–Crippen LogP) is 3.36. The molecular formula is C15H21F3N4S. The number of alkyl halides is 3. The Bertz CT molecular complexity index is 555. The maximum Gasteiger partial charge on any atom is 0.434 e. The van der Waals surface area contributed by atoms with E-state index >= 15 is 0 Å². The summed E-state index contributed by atoms with van der Waals surface area (Å²) in [7, 11) is 1.72. The van der Waals surface area contributed by atoms with Gasteiger partial charge >= 0.3 is 6.18 Å². The molecule has 3 rings (SSSR count). The fourth-order valence-corrected chi connectivity index (χ4v) is 4.33. The first-order valence-corrected chi connectivity index (χ1v) is 8.82. The minimum absolute atomic E-state index is 0.277. The third kappa shape index (κ3) is 3.79. The number of nitrogens with zero attached hydrogens (tertiary/aromatic N) is 3. The minimum Gasteiger partial charge on any atom is -0.350 e. The van der Waals surface area contributed by atoms with Crippen LogP contribution >= 0.6 is 11.3 Å². The van der Waals surface area contributed by atoms with Crippen LogP contribution in [-0.2, 0) is 12.7 Å². The number of nitrogens with one attached hydrogen (secondary N) is 1. The SMILES string of the molecule is CN=C(NCc1nc(C(F)(F)F)cs1)N1CC2CCCCC2C1. The summed E-state index contributed by atoms with van der Waals surface area (Å²) in [5.74, 6) is 2.24. The van der Waals surface area contributed by atoms with Gasteiger partial charge in [0.1, 0.15) is 5.01 Å². The summed E-state index contributed by atoms with van der Waals surface area (Å²) >= 11 is 1.02. The van der Waals surface area contributed by atoms with Gasteiger partial charge in [-0.2, -0.15) is 13.2 Å². The molecule has 1 aliphatic carbocycles. The molecular weight excluding hydrogens is 325 g/mol.